The van der Waals surface area contributed by atoms with Crippen molar-refractivity contribution in [1.82, 2.24) is 14.8 Å². The van der Waals surface area contributed by atoms with Gasteiger partial charge >= 0.3 is 6.61 Å². The van der Waals surface area contributed by atoms with Crippen molar-refractivity contribution < 1.29 is 18.3 Å². The predicted molar refractivity (Wildman–Crippen MR) is 87.1 cm³/mol. The van der Waals surface area contributed by atoms with E-state index in [0.29, 0.717) is 16.9 Å². The minimum Gasteiger partial charge on any atom is -0.435 e. The number of halogens is 2. The van der Waals surface area contributed by atoms with Crippen LogP contribution in [0.25, 0.3) is 5.69 Å². The Morgan fingerprint density at radius 1 is 1.23 bits per heavy atom. The number of carbonyl (C=O) groups is 1. The van der Waals surface area contributed by atoms with E-state index in [2.05, 4.69) is 20.1 Å². The average Bonchev–Trinajstić information content (AvgIpc) is 3.12. The van der Waals surface area contributed by atoms with Crippen LogP contribution in [-0.4, -0.2) is 27.3 Å². The molecule has 0 saturated heterocycles. The molecular weight excluding hydrogens is 344 g/mol. The van der Waals surface area contributed by atoms with E-state index in [1.54, 1.807) is 18.2 Å². The smallest absolute Gasteiger partial charge is 0.387 e. The Bertz CT molecular complexity index is 964. The lowest BCUT2D eigenvalue weighted by molar-refractivity contribution is -0.0498. The third-order valence-electron chi connectivity index (χ3n) is 3.27. The van der Waals surface area contributed by atoms with Crippen molar-refractivity contribution >= 4 is 11.6 Å². The van der Waals surface area contributed by atoms with E-state index in [1.165, 1.54) is 41.3 Å². The van der Waals surface area contributed by atoms with Gasteiger partial charge in [0.2, 0.25) is 5.82 Å². The summed E-state index contributed by atoms with van der Waals surface area (Å²) in [5, 5.41) is 15.5. The Kier molecular flexibility index (Phi) is 4.85. The first-order valence-electron chi connectivity index (χ1n) is 7.33. The molecule has 1 aromatic heterocycles. The van der Waals surface area contributed by atoms with Crippen LogP contribution in [0.3, 0.4) is 0 Å². The number of amides is 1. The number of aromatic nitrogens is 3. The Morgan fingerprint density at radius 2 is 2.00 bits per heavy atom. The van der Waals surface area contributed by atoms with Crippen molar-refractivity contribution in [3.63, 3.8) is 0 Å². The van der Waals surface area contributed by atoms with Gasteiger partial charge in [0.15, 0.2) is 0 Å². The maximum Gasteiger partial charge on any atom is 0.387 e. The molecule has 0 aliphatic heterocycles. The zero-order valence-electron chi connectivity index (χ0n) is 13.1. The predicted octanol–water partition coefficient (Wildman–Crippen LogP) is 2.99. The maximum atomic E-state index is 12.2. The molecule has 130 valence electrons. The maximum absolute atomic E-state index is 12.2. The molecule has 26 heavy (non-hydrogen) atoms. The lowest BCUT2D eigenvalue weighted by Gasteiger charge is -2.05. The van der Waals surface area contributed by atoms with Gasteiger partial charge in [-0.2, -0.15) is 14.0 Å². The van der Waals surface area contributed by atoms with Crippen molar-refractivity contribution in [2.75, 3.05) is 5.32 Å². The average molecular weight is 355 g/mol. The van der Waals surface area contributed by atoms with Gasteiger partial charge in [-0.25, -0.2) is 9.67 Å². The van der Waals surface area contributed by atoms with Crippen molar-refractivity contribution in [1.29, 1.82) is 5.26 Å². The highest BCUT2D eigenvalue weighted by Gasteiger charge is 2.13. The van der Waals surface area contributed by atoms with Crippen LogP contribution in [-0.2, 0) is 0 Å². The Balaban J connectivity index is 1.72. The summed E-state index contributed by atoms with van der Waals surface area (Å²) in [7, 11) is 0. The summed E-state index contributed by atoms with van der Waals surface area (Å²) < 4.78 is 29.9. The summed E-state index contributed by atoms with van der Waals surface area (Å²) in [5.41, 5.74) is 1.37. The second-order valence-corrected chi connectivity index (χ2v) is 5.03. The standard InChI is InChI=1S/C17H11F2N5O2/c18-17(19)26-14-6-4-13(5-7-14)24-10-21-15(23-24)16(25)22-12-3-1-2-11(8-12)9-20/h1-8,10,17H,(H,22,25). The molecule has 0 fully saturated rings. The molecule has 0 atom stereocenters. The molecule has 3 aromatic rings. The number of nitrogens with one attached hydrogen (secondary N) is 1. The lowest BCUT2D eigenvalue weighted by atomic mass is 10.2. The van der Waals surface area contributed by atoms with Crippen LogP contribution >= 0.6 is 0 Å². The van der Waals surface area contributed by atoms with Gasteiger partial charge in [-0.3, -0.25) is 4.79 Å². The van der Waals surface area contributed by atoms with Crippen LogP contribution in [0.4, 0.5) is 14.5 Å². The van der Waals surface area contributed by atoms with E-state index in [9.17, 15) is 13.6 Å². The zero-order valence-corrected chi connectivity index (χ0v) is 13.1. The molecule has 0 bridgehead atoms. The number of rotatable bonds is 5. The quantitative estimate of drug-likeness (QED) is 0.759. The molecule has 0 aliphatic rings. The van der Waals surface area contributed by atoms with E-state index >= 15 is 0 Å². The second kappa shape index (κ2) is 7.40. The number of benzene rings is 2. The number of hydrogen-bond donors (Lipinski definition) is 1. The minimum absolute atomic E-state index is 0.0132. The molecule has 1 amide bonds. The van der Waals surface area contributed by atoms with E-state index < -0.39 is 12.5 Å². The zero-order chi connectivity index (χ0) is 18.5. The fourth-order valence-electron chi connectivity index (χ4n) is 2.13. The Hall–Kier alpha value is -3.80. The highest BCUT2D eigenvalue weighted by Crippen LogP contribution is 2.17. The number of nitrogens with zero attached hydrogens (tertiary/aromatic N) is 4. The fourth-order valence-corrected chi connectivity index (χ4v) is 2.13. The summed E-state index contributed by atoms with van der Waals surface area (Å²) in [5.74, 6) is -0.615. The molecule has 0 unspecified atom stereocenters. The largest absolute Gasteiger partial charge is 0.435 e. The molecule has 9 heteroatoms. The molecule has 0 radical (unpaired) electrons. The van der Waals surface area contributed by atoms with Crippen molar-refractivity contribution in [3.05, 3.63) is 66.2 Å². The number of hydrogen-bond acceptors (Lipinski definition) is 5. The normalized spacial score (nSPS) is 10.4. The van der Waals surface area contributed by atoms with Crippen LogP contribution in [0, 0.1) is 11.3 Å². The van der Waals surface area contributed by atoms with Gasteiger partial charge < -0.3 is 10.1 Å². The first kappa shape index (κ1) is 17.0. The molecule has 3 rings (SSSR count). The molecule has 7 nitrogen and oxygen atoms in total. The van der Waals surface area contributed by atoms with Crippen LogP contribution in [0.2, 0.25) is 0 Å². The Morgan fingerprint density at radius 3 is 2.69 bits per heavy atom. The summed E-state index contributed by atoms with van der Waals surface area (Å²) in [6.45, 7) is -2.90. The van der Waals surface area contributed by atoms with Crippen LogP contribution in [0.1, 0.15) is 16.2 Å². The molecule has 1 N–H and O–H groups in total. The molecule has 2 aromatic carbocycles. The number of carbonyl (C=O) groups excluding carboxylic acids is 1. The molecule has 0 saturated carbocycles. The van der Waals surface area contributed by atoms with Crippen molar-refractivity contribution in [2.24, 2.45) is 0 Å². The van der Waals surface area contributed by atoms with Crippen molar-refractivity contribution in [2.45, 2.75) is 6.61 Å². The lowest BCUT2D eigenvalue weighted by Crippen LogP contribution is -2.14. The molecular formula is C17H11F2N5O2. The van der Waals surface area contributed by atoms with Crippen LogP contribution in [0.5, 0.6) is 5.75 Å². The van der Waals surface area contributed by atoms with E-state index in [0.717, 1.165) is 0 Å². The summed E-state index contributed by atoms with van der Waals surface area (Å²) in [6, 6.07) is 14.1. The van der Waals surface area contributed by atoms with E-state index in [1.807, 2.05) is 6.07 Å². The minimum atomic E-state index is -2.90. The molecule has 0 spiro atoms. The molecule has 1 heterocycles. The van der Waals surface area contributed by atoms with Gasteiger partial charge in [0, 0.05) is 5.69 Å². The Labute approximate surface area is 146 Å². The van der Waals surface area contributed by atoms with Gasteiger partial charge in [0.25, 0.3) is 5.91 Å². The number of ether oxygens (including phenoxy) is 1. The molecule has 0 aliphatic carbocycles. The van der Waals surface area contributed by atoms with Crippen molar-refractivity contribution in [3.8, 4) is 17.5 Å². The van der Waals surface area contributed by atoms with E-state index in [4.69, 9.17) is 5.26 Å². The fraction of sp³-hybridized carbons (Fsp3) is 0.0588. The van der Waals surface area contributed by atoms with Crippen LogP contribution in [0.15, 0.2) is 54.9 Å². The number of anilines is 1. The monoisotopic (exact) mass is 355 g/mol. The second-order valence-electron chi connectivity index (χ2n) is 5.03. The van der Waals surface area contributed by atoms with Gasteiger partial charge in [0.1, 0.15) is 12.1 Å². The topological polar surface area (TPSA) is 92.8 Å². The summed E-state index contributed by atoms with van der Waals surface area (Å²) in [4.78, 5) is 16.1. The third-order valence-corrected chi connectivity index (χ3v) is 3.27. The summed E-state index contributed by atoms with van der Waals surface area (Å²) in [6.07, 6.45) is 1.32. The third kappa shape index (κ3) is 3.99. The van der Waals surface area contributed by atoms with Gasteiger partial charge in [-0.15, -0.1) is 5.10 Å². The van der Waals surface area contributed by atoms with Gasteiger partial charge in [0.05, 0.1) is 17.3 Å². The van der Waals surface area contributed by atoms with Gasteiger partial charge in [-0.05, 0) is 42.5 Å². The summed E-state index contributed by atoms with van der Waals surface area (Å²) >= 11 is 0. The first-order chi connectivity index (χ1) is 12.5. The SMILES string of the molecule is N#Cc1cccc(NC(=O)c2ncn(-c3ccc(OC(F)F)cc3)n2)c1. The van der Waals surface area contributed by atoms with Crippen LogP contribution < -0.4 is 10.1 Å². The van der Waals surface area contributed by atoms with E-state index in [-0.39, 0.29) is 11.6 Å². The first-order valence-corrected chi connectivity index (χ1v) is 7.33. The van der Waals surface area contributed by atoms with Gasteiger partial charge in [-0.1, -0.05) is 6.07 Å². The number of alkyl halides is 2. The highest BCUT2D eigenvalue weighted by atomic mass is 19.3. The highest BCUT2D eigenvalue weighted by molar-refractivity contribution is 6.01. The number of nitriles is 1.